The van der Waals surface area contributed by atoms with Crippen molar-refractivity contribution in [2.45, 2.75) is 26.2 Å². The van der Waals surface area contributed by atoms with Crippen molar-refractivity contribution in [3.8, 4) is 11.5 Å². The van der Waals surface area contributed by atoms with E-state index in [-0.39, 0.29) is 25.2 Å². The molecule has 0 unspecified atom stereocenters. The number of carbonyl (C=O) groups is 3. The van der Waals surface area contributed by atoms with Crippen molar-refractivity contribution < 1.29 is 23.9 Å². The molecule has 0 aliphatic carbocycles. The summed E-state index contributed by atoms with van der Waals surface area (Å²) >= 11 is 11.7. The van der Waals surface area contributed by atoms with Crippen LogP contribution in [0, 0.1) is 6.92 Å². The Labute approximate surface area is 213 Å². The summed E-state index contributed by atoms with van der Waals surface area (Å²) in [6, 6.07) is 19.3. The van der Waals surface area contributed by atoms with Crippen LogP contribution in [-0.2, 0) is 19.1 Å². The van der Waals surface area contributed by atoms with E-state index in [9.17, 15) is 14.4 Å². The summed E-state index contributed by atoms with van der Waals surface area (Å²) in [5, 5.41) is 5.99. The van der Waals surface area contributed by atoms with Crippen molar-refractivity contribution in [2.24, 2.45) is 0 Å². The third-order valence-electron chi connectivity index (χ3n) is 4.72. The molecule has 0 aromatic heterocycles. The second kappa shape index (κ2) is 12.8. The summed E-state index contributed by atoms with van der Waals surface area (Å²) in [5.41, 5.74) is 2.15. The highest BCUT2D eigenvalue weighted by atomic mass is 35.5. The van der Waals surface area contributed by atoms with Gasteiger partial charge in [-0.3, -0.25) is 14.4 Å². The highest BCUT2D eigenvalue weighted by Crippen LogP contribution is 2.25. The number of anilines is 2. The summed E-state index contributed by atoms with van der Waals surface area (Å²) < 4.78 is 10.7. The first-order valence-electron chi connectivity index (χ1n) is 10.8. The molecule has 0 atom stereocenters. The van der Waals surface area contributed by atoms with Crippen molar-refractivity contribution in [2.75, 3.05) is 17.2 Å². The van der Waals surface area contributed by atoms with Crippen molar-refractivity contribution in [1.82, 2.24) is 0 Å². The maximum absolute atomic E-state index is 12.1. The van der Waals surface area contributed by atoms with Gasteiger partial charge in [0.1, 0.15) is 11.5 Å². The lowest BCUT2D eigenvalue weighted by atomic mass is 10.2. The molecular formula is C26H24Cl2N2O5. The quantitative estimate of drug-likeness (QED) is 0.306. The summed E-state index contributed by atoms with van der Waals surface area (Å²) in [7, 11) is 0. The Hall–Kier alpha value is -3.55. The topological polar surface area (TPSA) is 93.7 Å². The molecule has 3 rings (SSSR count). The van der Waals surface area contributed by atoms with Crippen LogP contribution in [0.1, 0.15) is 24.8 Å². The van der Waals surface area contributed by atoms with Gasteiger partial charge in [0, 0.05) is 24.2 Å². The number of halogens is 2. The summed E-state index contributed by atoms with van der Waals surface area (Å²) in [6.45, 7) is 1.55. The van der Waals surface area contributed by atoms with Gasteiger partial charge in [0.25, 0.3) is 5.91 Å². The SMILES string of the molecule is Cc1cccc(Oc2ccc(NC(=O)CCCC(=O)OCC(=O)Nc3ccc(Cl)c(Cl)c3)cc2)c1. The predicted octanol–water partition coefficient (Wildman–Crippen LogP) is 6.38. The Balaban J connectivity index is 1.33. The molecule has 3 aromatic carbocycles. The Morgan fingerprint density at radius 3 is 2.20 bits per heavy atom. The first-order valence-corrected chi connectivity index (χ1v) is 11.6. The molecule has 2 N–H and O–H groups in total. The fourth-order valence-electron chi connectivity index (χ4n) is 3.03. The van der Waals surface area contributed by atoms with Crippen LogP contribution in [0.3, 0.4) is 0 Å². The highest BCUT2D eigenvalue weighted by Gasteiger charge is 2.11. The first kappa shape index (κ1) is 26.1. The van der Waals surface area contributed by atoms with Crippen LogP contribution in [0.4, 0.5) is 11.4 Å². The fraction of sp³-hybridized carbons (Fsp3) is 0.192. The van der Waals surface area contributed by atoms with E-state index < -0.39 is 18.5 Å². The minimum atomic E-state index is -0.570. The van der Waals surface area contributed by atoms with Gasteiger partial charge in [-0.2, -0.15) is 0 Å². The molecular weight excluding hydrogens is 491 g/mol. The van der Waals surface area contributed by atoms with E-state index in [0.29, 0.717) is 27.2 Å². The number of hydrogen-bond acceptors (Lipinski definition) is 5. The number of carbonyl (C=O) groups excluding carboxylic acids is 3. The lowest BCUT2D eigenvalue weighted by Gasteiger charge is -2.09. The molecule has 0 aliphatic heterocycles. The van der Waals surface area contributed by atoms with Gasteiger partial charge >= 0.3 is 5.97 Å². The van der Waals surface area contributed by atoms with E-state index in [0.717, 1.165) is 11.3 Å². The molecule has 0 aliphatic rings. The average Bonchev–Trinajstić information content (AvgIpc) is 2.81. The molecule has 0 bridgehead atoms. The van der Waals surface area contributed by atoms with Gasteiger partial charge in [0.15, 0.2) is 6.61 Å². The molecule has 7 nitrogen and oxygen atoms in total. The maximum atomic E-state index is 12.1. The summed E-state index contributed by atoms with van der Waals surface area (Å²) in [6.07, 6.45) is 0.427. The third-order valence-corrected chi connectivity index (χ3v) is 5.45. The van der Waals surface area contributed by atoms with E-state index in [1.54, 1.807) is 36.4 Å². The summed E-state index contributed by atoms with van der Waals surface area (Å²) in [4.78, 5) is 35.9. The number of nitrogens with one attached hydrogen (secondary N) is 2. The molecule has 0 radical (unpaired) electrons. The van der Waals surface area contributed by atoms with Gasteiger partial charge in [0.2, 0.25) is 5.91 Å². The van der Waals surface area contributed by atoms with Crippen LogP contribution < -0.4 is 15.4 Å². The molecule has 3 aromatic rings. The zero-order chi connectivity index (χ0) is 25.2. The number of aryl methyl sites for hydroxylation is 1. The maximum Gasteiger partial charge on any atom is 0.306 e. The number of amides is 2. The Kier molecular flexibility index (Phi) is 9.52. The number of esters is 1. The molecule has 0 heterocycles. The standard InChI is InChI=1S/C26H24Cl2N2O5/c1-17-4-2-5-21(14-17)35-20-11-8-18(9-12-20)29-24(31)6-3-7-26(33)34-16-25(32)30-19-10-13-22(27)23(28)15-19/h2,4-5,8-15H,3,6-7,16H2,1H3,(H,29,31)(H,30,32). The van der Waals surface area contributed by atoms with Crippen LogP contribution in [0.2, 0.25) is 10.0 Å². The zero-order valence-corrected chi connectivity index (χ0v) is 20.5. The van der Waals surface area contributed by atoms with Crippen LogP contribution in [0.25, 0.3) is 0 Å². The Morgan fingerprint density at radius 1 is 0.771 bits per heavy atom. The second-order valence-corrected chi connectivity index (χ2v) is 8.50. The lowest BCUT2D eigenvalue weighted by molar-refractivity contribution is -0.147. The molecule has 0 saturated heterocycles. The minimum absolute atomic E-state index is 0.0107. The zero-order valence-electron chi connectivity index (χ0n) is 19.0. The average molecular weight is 515 g/mol. The van der Waals surface area contributed by atoms with E-state index in [1.807, 2.05) is 31.2 Å². The molecule has 0 fully saturated rings. The van der Waals surface area contributed by atoms with Gasteiger partial charge < -0.3 is 20.1 Å². The van der Waals surface area contributed by atoms with Gasteiger partial charge in [0.05, 0.1) is 10.0 Å². The van der Waals surface area contributed by atoms with Crippen molar-refractivity contribution >= 4 is 52.4 Å². The van der Waals surface area contributed by atoms with Crippen LogP contribution in [0.5, 0.6) is 11.5 Å². The molecule has 35 heavy (non-hydrogen) atoms. The van der Waals surface area contributed by atoms with Gasteiger partial charge in [-0.05, 0) is 73.5 Å². The summed E-state index contributed by atoms with van der Waals surface area (Å²) in [5.74, 6) is 0.0756. The minimum Gasteiger partial charge on any atom is -0.457 e. The number of ether oxygens (including phenoxy) is 2. The molecule has 9 heteroatoms. The number of rotatable bonds is 10. The normalized spacial score (nSPS) is 10.4. The molecule has 0 spiro atoms. The molecule has 2 amide bonds. The molecule has 182 valence electrons. The highest BCUT2D eigenvalue weighted by molar-refractivity contribution is 6.42. The van der Waals surface area contributed by atoms with Crippen LogP contribution in [-0.4, -0.2) is 24.4 Å². The van der Waals surface area contributed by atoms with E-state index in [1.165, 1.54) is 6.07 Å². The van der Waals surface area contributed by atoms with Crippen LogP contribution in [0.15, 0.2) is 66.7 Å². The Bertz CT molecular complexity index is 1200. The lowest BCUT2D eigenvalue weighted by Crippen LogP contribution is -2.21. The number of hydrogen-bond donors (Lipinski definition) is 2. The van der Waals surface area contributed by atoms with Crippen molar-refractivity contribution in [3.05, 3.63) is 82.3 Å². The largest absolute Gasteiger partial charge is 0.457 e. The first-order chi connectivity index (χ1) is 16.8. The smallest absolute Gasteiger partial charge is 0.306 e. The van der Waals surface area contributed by atoms with E-state index >= 15 is 0 Å². The predicted molar refractivity (Wildman–Crippen MR) is 136 cm³/mol. The van der Waals surface area contributed by atoms with E-state index in [2.05, 4.69) is 10.6 Å². The third kappa shape index (κ3) is 8.96. The van der Waals surface area contributed by atoms with Gasteiger partial charge in [-0.1, -0.05) is 35.3 Å². The van der Waals surface area contributed by atoms with Crippen molar-refractivity contribution in [3.63, 3.8) is 0 Å². The second-order valence-electron chi connectivity index (χ2n) is 7.68. The Morgan fingerprint density at radius 2 is 1.49 bits per heavy atom. The number of benzene rings is 3. The monoisotopic (exact) mass is 514 g/mol. The van der Waals surface area contributed by atoms with Gasteiger partial charge in [-0.25, -0.2) is 0 Å². The molecule has 0 saturated carbocycles. The van der Waals surface area contributed by atoms with E-state index in [4.69, 9.17) is 32.7 Å². The van der Waals surface area contributed by atoms with Crippen molar-refractivity contribution in [1.29, 1.82) is 0 Å². The van der Waals surface area contributed by atoms with Gasteiger partial charge in [-0.15, -0.1) is 0 Å². The van der Waals surface area contributed by atoms with Crippen LogP contribution >= 0.6 is 23.2 Å². The fourth-order valence-corrected chi connectivity index (χ4v) is 3.33.